The van der Waals surface area contributed by atoms with Gasteiger partial charge in [0.05, 0.1) is 11.3 Å². The average Bonchev–Trinajstić information content (AvgIpc) is 3.08. The second kappa shape index (κ2) is 6.74. The van der Waals surface area contributed by atoms with Crippen molar-refractivity contribution < 1.29 is 13.2 Å². The number of aromatic nitrogens is 3. The maximum atomic E-state index is 13.2. The molecule has 27 heavy (non-hydrogen) atoms. The van der Waals surface area contributed by atoms with E-state index in [0.29, 0.717) is 18.1 Å². The van der Waals surface area contributed by atoms with Crippen molar-refractivity contribution in [3.63, 3.8) is 0 Å². The largest absolute Gasteiger partial charge is 0.433 e. The first-order valence-electron chi connectivity index (χ1n) is 7.86. The van der Waals surface area contributed by atoms with Gasteiger partial charge in [-0.15, -0.1) is 0 Å². The van der Waals surface area contributed by atoms with Crippen molar-refractivity contribution >= 4 is 17.7 Å². The van der Waals surface area contributed by atoms with E-state index in [4.69, 9.17) is 11.1 Å². The molecule has 0 saturated carbocycles. The van der Waals surface area contributed by atoms with Gasteiger partial charge in [0.15, 0.2) is 0 Å². The van der Waals surface area contributed by atoms with Crippen molar-refractivity contribution in [1.29, 1.82) is 5.41 Å². The molecule has 0 aromatic carbocycles. The Morgan fingerprint density at radius 1 is 1.37 bits per heavy atom. The van der Waals surface area contributed by atoms with E-state index in [2.05, 4.69) is 25.7 Å². The Kier molecular flexibility index (Phi) is 4.60. The lowest BCUT2D eigenvalue weighted by Gasteiger charge is -2.16. The number of anilines is 1. The molecule has 0 amide bonds. The second-order valence-electron chi connectivity index (χ2n) is 5.76. The molecule has 2 aromatic rings. The van der Waals surface area contributed by atoms with Crippen molar-refractivity contribution in [1.82, 2.24) is 14.6 Å². The van der Waals surface area contributed by atoms with E-state index in [1.807, 2.05) is 0 Å². The molecule has 0 atom stereocenters. The van der Waals surface area contributed by atoms with E-state index in [9.17, 15) is 13.2 Å². The molecule has 5 N–H and O–H groups in total. The van der Waals surface area contributed by atoms with E-state index in [1.165, 1.54) is 30.0 Å². The van der Waals surface area contributed by atoms with Gasteiger partial charge in [0.25, 0.3) is 0 Å². The summed E-state index contributed by atoms with van der Waals surface area (Å²) in [4.78, 5) is 11.6. The van der Waals surface area contributed by atoms with Crippen LogP contribution in [0.4, 0.5) is 19.0 Å². The van der Waals surface area contributed by atoms with Crippen LogP contribution in [-0.4, -0.2) is 34.6 Å². The van der Waals surface area contributed by atoms with Crippen LogP contribution in [0.15, 0.2) is 23.2 Å². The van der Waals surface area contributed by atoms with Gasteiger partial charge in [0.1, 0.15) is 23.9 Å². The molecule has 142 valence electrons. The summed E-state index contributed by atoms with van der Waals surface area (Å²) in [5.74, 6) is 0.397. The summed E-state index contributed by atoms with van der Waals surface area (Å²) in [6.45, 7) is 1.77. The Bertz CT molecular complexity index is 1000. The summed E-state index contributed by atoms with van der Waals surface area (Å²) in [6.07, 6.45) is -1.68. The molecule has 11 heteroatoms. The molecule has 2 aromatic heterocycles. The number of halogens is 3. The number of hydrogen-bond donors (Lipinski definition) is 4. The molecule has 3 rings (SSSR count). The highest BCUT2D eigenvalue weighted by Crippen LogP contribution is 2.36. The smallest absolute Gasteiger partial charge is 0.397 e. The number of pyridine rings is 1. The van der Waals surface area contributed by atoms with Gasteiger partial charge in [-0.25, -0.2) is 14.6 Å². The third-order valence-corrected chi connectivity index (χ3v) is 3.83. The molecule has 0 radical (unpaired) electrons. The molecule has 8 nitrogen and oxygen atoms in total. The van der Waals surface area contributed by atoms with E-state index >= 15 is 0 Å². The Labute approximate surface area is 152 Å². The first kappa shape index (κ1) is 18.4. The van der Waals surface area contributed by atoms with E-state index in [-0.39, 0.29) is 28.3 Å². The number of hydrogen-bond acceptors (Lipinski definition) is 7. The van der Waals surface area contributed by atoms with Crippen molar-refractivity contribution in [2.45, 2.75) is 13.1 Å². The Hall–Kier alpha value is -3.37. The standard InChI is InChI=1S/C16H17F3N8/c1-8-5-9(6-11(25-8)16(17,18)19)12-13(10(20)3-4-22-2)26-15(21)27-14(12)23-7-24-27/h3-6,21,23-24H,7,20H2,1-2H3. The monoisotopic (exact) mass is 378 g/mol. The number of nitrogens with two attached hydrogens (primary N) is 1. The van der Waals surface area contributed by atoms with E-state index in [0.717, 1.165) is 6.07 Å². The number of nitrogens with one attached hydrogen (secondary N) is 3. The summed E-state index contributed by atoms with van der Waals surface area (Å²) >= 11 is 0. The number of aliphatic imine (C=N–C) groups is 1. The Morgan fingerprint density at radius 2 is 2.11 bits per heavy atom. The highest BCUT2D eigenvalue weighted by Gasteiger charge is 2.34. The van der Waals surface area contributed by atoms with Crippen LogP contribution in [-0.2, 0) is 6.18 Å². The second-order valence-corrected chi connectivity index (χ2v) is 5.76. The lowest BCUT2D eigenvalue weighted by atomic mass is 10.0. The van der Waals surface area contributed by atoms with Gasteiger partial charge in [0.2, 0.25) is 5.62 Å². The summed E-state index contributed by atoms with van der Waals surface area (Å²) in [5.41, 5.74) is 8.93. The lowest BCUT2D eigenvalue weighted by molar-refractivity contribution is -0.141. The molecule has 0 fully saturated rings. The molecule has 0 unspecified atom stereocenters. The first-order valence-corrected chi connectivity index (χ1v) is 7.86. The number of nitrogens with zero attached hydrogens (tertiary/aromatic N) is 4. The van der Waals surface area contributed by atoms with Gasteiger partial charge in [-0.1, -0.05) is 0 Å². The van der Waals surface area contributed by atoms with Crippen molar-refractivity contribution in [2.24, 2.45) is 10.7 Å². The SMILES string of the molecule is CN=CC=C(N)c1nc(=N)n2c(c1-c1cc(C)nc(C(F)(F)F)c1)NCN2. The molecule has 3 heterocycles. The topological polar surface area (TPSA) is 117 Å². The van der Waals surface area contributed by atoms with E-state index < -0.39 is 11.9 Å². The van der Waals surface area contributed by atoms with Crippen LogP contribution in [0, 0.1) is 12.3 Å². The number of aryl methyl sites for hydroxylation is 1. The molecular weight excluding hydrogens is 361 g/mol. The highest BCUT2D eigenvalue weighted by atomic mass is 19.4. The van der Waals surface area contributed by atoms with Gasteiger partial charge in [-0.3, -0.25) is 10.4 Å². The molecule has 1 aliphatic heterocycles. The third kappa shape index (κ3) is 3.48. The van der Waals surface area contributed by atoms with Crippen molar-refractivity contribution in [3.05, 3.63) is 40.9 Å². The lowest BCUT2D eigenvalue weighted by Crippen LogP contribution is -2.29. The highest BCUT2D eigenvalue weighted by molar-refractivity contribution is 5.91. The van der Waals surface area contributed by atoms with Gasteiger partial charge in [-0.2, -0.15) is 13.2 Å². The number of allylic oxidation sites excluding steroid dienone is 1. The van der Waals surface area contributed by atoms with Crippen molar-refractivity contribution in [2.75, 3.05) is 24.5 Å². The predicted octanol–water partition coefficient (Wildman–Crippen LogP) is 1.68. The fourth-order valence-electron chi connectivity index (χ4n) is 2.74. The van der Waals surface area contributed by atoms with Crippen LogP contribution in [0.2, 0.25) is 0 Å². The molecular formula is C16H17F3N8. The molecule has 0 aliphatic carbocycles. The molecule has 1 aliphatic rings. The Balaban J connectivity index is 2.34. The minimum absolute atomic E-state index is 0.139. The summed E-state index contributed by atoms with van der Waals surface area (Å²) in [5, 5.41) is 11.1. The zero-order valence-electron chi connectivity index (χ0n) is 14.5. The minimum atomic E-state index is -4.60. The number of rotatable bonds is 3. The average molecular weight is 378 g/mol. The van der Waals surface area contributed by atoms with Crippen LogP contribution in [0.25, 0.3) is 16.8 Å². The maximum absolute atomic E-state index is 13.2. The quantitative estimate of drug-likeness (QED) is 0.606. The zero-order valence-corrected chi connectivity index (χ0v) is 14.5. The van der Waals surface area contributed by atoms with Crippen molar-refractivity contribution in [3.8, 4) is 11.1 Å². The predicted molar refractivity (Wildman–Crippen MR) is 95.5 cm³/mol. The van der Waals surface area contributed by atoms with Crippen LogP contribution in [0.5, 0.6) is 0 Å². The summed E-state index contributed by atoms with van der Waals surface area (Å²) < 4.78 is 41.0. The normalized spacial score (nSPS) is 14.2. The fourth-order valence-corrected chi connectivity index (χ4v) is 2.74. The maximum Gasteiger partial charge on any atom is 0.433 e. The number of fused-ring (bicyclic) bond motifs is 1. The van der Waals surface area contributed by atoms with Crippen LogP contribution in [0.3, 0.4) is 0 Å². The number of alkyl halides is 3. The van der Waals surface area contributed by atoms with Crippen LogP contribution in [0.1, 0.15) is 17.1 Å². The fraction of sp³-hybridized carbons (Fsp3) is 0.250. The van der Waals surface area contributed by atoms with Gasteiger partial charge >= 0.3 is 6.18 Å². The minimum Gasteiger partial charge on any atom is -0.397 e. The van der Waals surface area contributed by atoms with Crippen LogP contribution < -0.4 is 22.1 Å². The molecule has 0 spiro atoms. The van der Waals surface area contributed by atoms with Crippen LogP contribution >= 0.6 is 0 Å². The van der Waals surface area contributed by atoms with E-state index in [1.54, 1.807) is 7.05 Å². The Morgan fingerprint density at radius 3 is 2.78 bits per heavy atom. The van der Waals surface area contributed by atoms with Gasteiger partial charge in [-0.05, 0) is 30.7 Å². The summed E-state index contributed by atoms with van der Waals surface area (Å²) in [7, 11) is 1.56. The van der Waals surface area contributed by atoms with Gasteiger partial charge in [0, 0.05) is 19.0 Å². The summed E-state index contributed by atoms with van der Waals surface area (Å²) in [6, 6.07) is 2.46. The first-order chi connectivity index (χ1) is 12.7. The third-order valence-electron chi connectivity index (χ3n) is 3.83. The van der Waals surface area contributed by atoms with Gasteiger partial charge < -0.3 is 16.5 Å². The molecule has 0 saturated heterocycles. The zero-order chi connectivity index (χ0) is 19.8. The molecule has 0 bridgehead atoms.